The number of hydrogen-bond donors (Lipinski definition) is 1. The predicted molar refractivity (Wildman–Crippen MR) is 154 cm³/mol. The second-order valence-corrected chi connectivity index (χ2v) is 15.8. The summed E-state index contributed by atoms with van der Waals surface area (Å²) in [5.41, 5.74) is 1.93. The van der Waals surface area contributed by atoms with Crippen LogP contribution in [0.1, 0.15) is 110 Å². The molecule has 5 aliphatic carbocycles. The molecular formula is C35H50O5. The maximum atomic E-state index is 12.8. The zero-order chi connectivity index (χ0) is 28.8. The number of hydrogen-bond acceptors (Lipinski definition) is 4. The van der Waals surface area contributed by atoms with Crippen LogP contribution in [-0.4, -0.2) is 23.1 Å². The number of furan rings is 1. The molecule has 0 aromatic carbocycles. The first-order chi connectivity index (χ1) is 18.8. The molecule has 5 aliphatic rings. The molecule has 40 heavy (non-hydrogen) atoms. The summed E-state index contributed by atoms with van der Waals surface area (Å²) >= 11 is 0. The average Bonchev–Trinajstić information content (AvgIpc) is 3.43. The maximum absolute atomic E-state index is 12.8. The molecule has 1 aromatic rings. The fourth-order valence-corrected chi connectivity index (χ4v) is 11.7. The second kappa shape index (κ2) is 9.23. The van der Waals surface area contributed by atoms with E-state index < -0.39 is 5.97 Å². The van der Waals surface area contributed by atoms with E-state index in [1.54, 1.807) is 17.7 Å². The summed E-state index contributed by atoms with van der Waals surface area (Å²) in [6.45, 7) is 17.0. The average molecular weight is 551 g/mol. The highest BCUT2D eigenvalue weighted by Crippen LogP contribution is 2.74. The number of allylic oxidation sites excluding steroid dienone is 2. The first kappa shape index (κ1) is 28.1. The van der Waals surface area contributed by atoms with E-state index in [1.807, 2.05) is 0 Å². The van der Waals surface area contributed by atoms with Crippen molar-refractivity contribution in [3.8, 4) is 0 Å². The van der Waals surface area contributed by atoms with Crippen LogP contribution in [-0.2, 0) is 9.53 Å². The van der Waals surface area contributed by atoms with Crippen molar-refractivity contribution in [3.63, 3.8) is 0 Å². The highest BCUT2D eigenvalue weighted by Gasteiger charge is 2.68. The highest BCUT2D eigenvalue weighted by molar-refractivity contribution is 5.86. The third-order valence-electron chi connectivity index (χ3n) is 14.2. The molecule has 0 amide bonds. The van der Waals surface area contributed by atoms with Gasteiger partial charge in [0.25, 0.3) is 0 Å². The van der Waals surface area contributed by atoms with Gasteiger partial charge in [-0.2, -0.15) is 0 Å². The van der Waals surface area contributed by atoms with Crippen LogP contribution in [0.4, 0.5) is 0 Å². The lowest BCUT2D eigenvalue weighted by Gasteiger charge is -2.71. The number of carbonyl (C=O) groups is 2. The largest absolute Gasteiger partial charge is 0.481 e. The van der Waals surface area contributed by atoms with Gasteiger partial charge in [-0.15, -0.1) is 0 Å². The van der Waals surface area contributed by atoms with Crippen LogP contribution in [0.25, 0.3) is 0 Å². The van der Waals surface area contributed by atoms with Gasteiger partial charge >= 0.3 is 11.9 Å². The predicted octanol–water partition coefficient (Wildman–Crippen LogP) is 8.40. The zero-order valence-corrected chi connectivity index (χ0v) is 25.7. The maximum Gasteiger partial charge on any atom is 0.374 e. The minimum Gasteiger partial charge on any atom is -0.481 e. The molecule has 4 saturated carbocycles. The minimum absolute atomic E-state index is 0.103. The fraction of sp³-hybridized carbons (Fsp3) is 0.771. The highest BCUT2D eigenvalue weighted by atomic mass is 16.6. The molecule has 0 aliphatic heterocycles. The molecule has 0 bridgehead atoms. The van der Waals surface area contributed by atoms with E-state index in [1.165, 1.54) is 12.7 Å². The van der Waals surface area contributed by atoms with Crippen molar-refractivity contribution >= 4 is 11.9 Å². The van der Waals surface area contributed by atoms with Gasteiger partial charge in [0, 0.05) is 5.41 Å². The summed E-state index contributed by atoms with van der Waals surface area (Å²) < 4.78 is 11.5. The van der Waals surface area contributed by atoms with E-state index in [-0.39, 0.29) is 51.3 Å². The monoisotopic (exact) mass is 550 g/mol. The molecule has 5 heteroatoms. The Bertz CT molecular complexity index is 1200. The summed E-state index contributed by atoms with van der Waals surface area (Å²) in [6.07, 6.45) is 12.3. The van der Waals surface area contributed by atoms with Crippen LogP contribution in [0.15, 0.2) is 34.5 Å². The second-order valence-electron chi connectivity index (χ2n) is 15.8. The Morgan fingerprint density at radius 2 is 1.75 bits per heavy atom. The van der Waals surface area contributed by atoms with Crippen LogP contribution >= 0.6 is 0 Å². The van der Waals surface area contributed by atoms with Gasteiger partial charge in [-0.1, -0.05) is 60.1 Å². The smallest absolute Gasteiger partial charge is 0.374 e. The SMILES string of the molecule is C[C@@H]1C[C@@H](C(=O)O)C2CC[C@]3(C)C(=CCC4[C@@]5(C)CC[C@H](OC(=O)c6ccco6)C(C)(C)C5CC[C@]43C)C2[C@H]1C. The van der Waals surface area contributed by atoms with E-state index in [0.717, 1.165) is 44.9 Å². The number of aliphatic carboxylic acids is 1. The van der Waals surface area contributed by atoms with Gasteiger partial charge in [-0.25, -0.2) is 4.79 Å². The molecule has 4 fully saturated rings. The summed E-state index contributed by atoms with van der Waals surface area (Å²) in [4.78, 5) is 25.2. The molecule has 6 rings (SSSR count). The Balaban J connectivity index is 1.32. The Labute approximate surface area is 240 Å². The normalized spacial score (nSPS) is 47.5. The van der Waals surface area contributed by atoms with E-state index >= 15 is 0 Å². The summed E-state index contributed by atoms with van der Waals surface area (Å²) in [5.74, 6) is 1.80. The fourth-order valence-electron chi connectivity index (χ4n) is 11.7. The summed E-state index contributed by atoms with van der Waals surface area (Å²) in [6, 6.07) is 3.42. The quantitative estimate of drug-likeness (QED) is 0.302. The van der Waals surface area contributed by atoms with Crippen molar-refractivity contribution in [1.82, 2.24) is 0 Å². The summed E-state index contributed by atoms with van der Waals surface area (Å²) in [7, 11) is 0. The number of esters is 1. The third-order valence-corrected chi connectivity index (χ3v) is 14.2. The number of ether oxygens (including phenoxy) is 1. The molecule has 0 saturated heterocycles. The summed E-state index contributed by atoms with van der Waals surface area (Å²) in [5, 5.41) is 10.2. The van der Waals surface area contributed by atoms with E-state index in [4.69, 9.17) is 9.15 Å². The molecule has 1 heterocycles. The molecule has 1 N–H and O–H groups in total. The van der Waals surface area contributed by atoms with Crippen LogP contribution in [0.2, 0.25) is 0 Å². The number of fused-ring (bicyclic) bond motifs is 7. The van der Waals surface area contributed by atoms with Gasteiger partial charge in [-0.05, 0) is 115 Å². The van der Waals surface area contributed by atoms with Crippen molar-refractivity contribution in [2.45, 2.75) is 106 Å². The van der Waals surface area contributed by atoms with Crippen LogP contribution in [0, 0.1) is 63.1 Å². The molecule has 4 unspecified atom stereocenters. The number of carbonyl (C=O) groups excluding carboxylic acids is 1. The molecule has 1 aromatic heterocycles. The Morgan fingerprint density at radius 3 is 2.42 bits per heavy atom. The Hall–Kier alpha value is -2.04. The molecule has 0 spiro atoms. The Kier molecular flexibility index (Phi) is 6.48. The first-order valence-corrected chi connectivity index (χ1v) is 15.9. The lowest BCUT2D eigenvalue weighted by molar-refractivity contribution is -0.202. The van der Waals surface area contributed by atoms with Gasteiger partial charge < -0.3 is 14.3 Å². The zero-order valence-electron chi connectivity index (χ0n) is 25.7. The van der Waals surface area contributed by atoms with Crippen molar-refractivity contribution in [2.75, 3.05) is 0 Å². The number of carboxylic acids is 1. The lowest BCUT2D eigenvalue weighted by atomic mass is 9.34. The van der Waals surface area contributed by atoms with Crippen molar-refractivity contribution in [1.29, 1.82) is 0 Å². The number of carboxylic acid groups (broad SMARTS) is 1. The van der Waals surface area contributed by atoms with Crippen molar-refractivity contribution in [2.24, 2.45) is 63.1 Å². The minimum atomic E-state index is -0.586. The molecule has 5 nitrogen and oxygen atoms in total. The number of rotatable bonds is 3. The molecule has 11 atom stereocenters. The van der Waals surface area contributed by atoms with Gasteiger partial charge in [0.05, 0.1) is 12.2 Å². The van der Waals surface area contributed by atoms with Crippen molar-refractivity contribution in [3.05, 3.63) is 35.8 Å². The van der Waals surface area contributed by atoms with Gasteiger partial charge in [0.2, 0.25) is 5.76 Å². The van der Waals surface area contributed by atoms with Crippen molar-refractivity contribution < 1.29 is 23.8 Å². The van der Waals surface area contributed by atoms with Crippen LogP contribution in [0.5, 0.6) is 0 Å². The van der Waals surface area contributed by atoms with Gasteiger partial charge in [0.1, 0.15) is 6.10 Å². The lowest BCUT2D eigenvalue weighted by Crippen LogP contribution is -2.64. The van der Waals surface area contributed by atoms with Gasteiger partial charge in [0.15, 0.2) is 0 Å². The first-order valence-electron chi connectivity index (χ1n) is 15.9. The third kappa shape index (κ3) is 3.70. The standard InChI is InChI=1S/C35H50O5/c1-20-19-23(30(36)37)22-12-16-34(6)24(29(22)21(20)2)10-11-27-33(5)15-14-28(40-31(38)25-9-8-18-39-25)32(3,4)26(33)13-17-35(27,34)7/h8-10,18,20-23,26-29H,11-17,19H2,1-7H3,(H,36,37)/t20-,21+,22?,23-,26?,27?,28+,29?,33+,34-,35-/m1/s1. The van der Waals surface area contributed by atoms with Gasteiger partial charge in [-0.3, -0.25) is 4.79 Å². The van der Waals surface area contributed by atoms with Crippen LogP contribution in [0.3, 0.4) is 0 Å². The molecule has 220 valence electrons. The van der Waals surface area contributed by atoms with E-state index in [2.05, 4.69) is 54.5 Å². The van der Waals surface area contributed by atoms with E-state index in [9.17, 15) is 14.7 Å². The Morgan fingerprint density at radius 1 is 1.00 bits per heavy atom. The molecular weight excluding hydrogens is 500 g/mol. The molecule has 0 radical (unpaired) electrons. The topological polar surface area (TPSA) is 76.7 Å². The van der Waals surface area contributed by atoms with E-state index in [0.29, 0.717) is 29.6 Å². The van der Waals surface area contributed by atoms with Crippen LogP contribution < -0.4 is 0 Å².